The van der Waals surface area contributed by atoms with Gasteiger partial charge in [-0.3, -0.25) is 9.59 Å². The van der Waals surface area contributed by atoms with Gasteiger partial charge in [-0.2, -0.15) is 4.98 Å². The first-order chi connectivity index (χ1) is 11.6. The largest absolute Gasteiger partial charge is 0.481 e. The smallest absolute Gasteiger partial charge is 0.306 e. The third-order valence-electron chi connectivity index (χ3n) is 4.22. The van der Waals surface area contributed by atoms with Crippen molar-refractivity contribution in [1.82, 2.24) is 15.5 Å². The van der Waals surface area contributed by atoms with Crippen molar-refractivity contribution in [2.75, 3.05) is 0 Å². The molecule has 0 unspecified atom stereocenters. The quantitative estimate of drug-likeness (QED) is 0.830. The lowest BCUT2D eigenvalue weighted by Gasteiger charge is -2.26. The van der Waals surface area contributed by atoms with Crippen LogP contribution in [0.15, 0.2) is 27.3 Å². The maximum Gasteiger partial charge on any atom is 0.306 e. The molecule has 128 valence electrons. The number of nitrogens with one attached hydrogen (secondary N) is 1. The standard InChI is InChI=1S/C16H19N3O5/c20-13(17-11-5-3-10(4-6-11)16(21)22)7-8-14-18-15(19-24-14)12-2-1-9-23-12/h1-2,9-11H,3-8H2,(H,17,20)(H,21,22). The van der Waals surface area contributed by atoms with Crippen LogP contribution >= 0.6 is 0 Å². The summed E-state index contributed by atoms with van der Waals surface area (Å²) in [6, 6.07) is 3.52. The zero-order valence-corrected chi connectivity index (χ0v) is 13.1. The molecule has 0 aromatic carbocycles. The van der Waals surface area contributed by atoms with Crippen LogP contribution in [0, 0.1) is 5.92 Å². The summed E-state index contributed by atoms with van der Waals surface area (Å²) >= 11 is 0. The van der Waals surface area contributed by atoms with Crippen LogP contribution < -0.4 is 5.32 Å². The third kappa shape index (κ3) is 4.01. The number of nitrogens with zero attached hydrogens (tertiary/aromatic N) is 2. The number of aryl methyl sites for hydroxylation is 1. The van der Waals surface area contributed by atoms with E-state index in [9.17, 15) is 9.59 Å². The number of rotatable bonds is 6. The number of carbonyl (C=O) groups is 2. The molecular weight excluding hydrogens is 314 g/mol. The number of hydrogen-bond acceptors (Lipinski definition) is 6. The monoisotopic (exact) mass is 333 g/mol. The number of carbonyl (C=O) groups excluding carboxylic acids is 1. The van der Waals surface area contributed by atoms with Gasteiger partial charge in [0.1, 0.15) is 0 Å². The summed E-state index contributed by atoms with van der Waals surface area (Å²) in [4.78, 5) is 27.1. The minimum absolute atomic E-state index is 0.0504. The lowest BCUT2D eigenvalue weighted by Crippen LogP contribution is -2.38. The second-order valence-electron chi connectivity index (χ2n) is 5.94. The molecule has 0 aliphatic heterocycles. The highest BCUT2D eigenvalue weighted by atomic mass is 16.5. The van der Waals surface area contributed by atoms with Crippen molar-refractivity contribution in [3.8, 4) is 11.6 Å². The van der Waals surface area contributed by atoms with E-state index >= 15 is 0 Å². The van der Waals surface area contributed by atoms with Crippen LogP contribution in [0.4, 0.5) is 0 Å². The fourth-order valence-electron chi connectivity index (χ4n) is 2.87. The molecule has 2 aromatic rings. The molecule has 24 heavy (non-hydrogen) atoms. The number of carboxylic acids is 1. The second-order valence-corrected chi connectivity index (χ2v) is 5.94. The summed E-state index contributed by atoms with van der Waals surface area (Å²) in [5.74, 6) is 0.143. The van der Waals surface area contributed by atoms with Crippen LogP contribution in [-0.2, 0) is 16.0 Å². The van der Waals surface area contributed by atoms with Gasteiger partial charge in [0.2, 0.25) is 17.6 Å². The Bertz CT molecular complexity index is 686. The molecule has 8 heteroatoms. The summed E-state index contributed by atoms with van der Waals surface area (Å²) in [6.45, 7) is 0. The summed E-state index contributed by atoms with van der Waals surface area (Å²) in [5.41, 5.74) is 0. The zero-order valence-electron chi connectivity index (χ0n) is 13.1. The van der Waals surface area contributed by atoms with Gasteiger partial charge >= 0.3 is 5.97 Å². The fourth-order valence-corrected chi connectivity index (χ4v) is 2.87. The van der Waals surface area contributed by atoms with Crippen molar-refractivity contribution in [1.29, 1.82) is 0 Å². The molecule has 1 amide bonds. The van der Waals surface area contributed by atoms with Crippen molar-refractivity contribution in [2.45, 2.75) is 44.6 Å². The first kappa shape index (κ1) is 16.2. The maximum atomic E-state index is 12.0. The minimum Gasteiger partial charge on any atom is -0.481 e. The summed E-state index contributed by atoms with van der Waals surface area (Å²) in [5, 5.41) is 15.7. The van der Waals surface area contributed by atoms with E-state index in [1.165, 1.54) is 6.26 Å². The van der Waals surface area contributed by atoms with Crippen LogP contribution in [0.1, 0.15) is 38.0 Å². The van der Waals surface area contributed by atoms with Gasteiger partial charge in [0.15, 0.2) is 5.76 Å². The van der Waals surface area contributed by atoms with Crippen LogP contribution in [0.25, 0.3) is 11.6 Å². The Morgan fingerprint density at radius 2 is 2.08 bits per heavy atom. The van der Waals surface area contributed by atoms with E-state index in [4.69, 9.17) is 14.0 Å². The SMILES string of the molecule is O=C(CCc1nc(-c2ccco2)no1)NC1CCC(C(=O)O)CC1. The molecule has 2 heterocycles. The van der Waals surface area contributed by atoms with Crippen molar-refractivity contribution in [3.05, 3.63) is 24.3 Å². The summed E-state index contributed by atoms with van der Waals surface area (Å²) in [7, 11) is 0. The average molecular weight is 333 g/mol. The number of amides is 1. The Balaban J connectivity index is 1.42. The van der Waals surface area contributed by atoms with E-state index in [1.807, 2.05) is 0 Å². The normalized spacial score (nSPS) is 20.7. The Morgan fingerprint density at radius 3 is 2.75 bits per heavy atom. The van der Waals surface area contributed by atoms with Gasteiger partial charge in [0.25, 0.3) is 0 Å². The van der Waals surface area contributed by atoms with Crippen molar-refractivity contribution >= 4 is 11.9 Å². The van der Waals surface area contributed by atoms with Gasteiger partial charge in [-0.25, -0.2) is 0 Å². The molecule has 3 rings (SSSR count). The molecule has 0 bridgehead atoms. The van der Waals surface area contributed by atoms with Gasteiger partial charge in [-0.05, 0) is 37.8 Å². The van der Waals surface area contributed by atoms with Crippen LogP contribution in [-0.4, -0.2) is 33.2 Å². The predicted octanol–water partition coefficient (Wildman–Crippen LogP) is 2.02. The molecule has 2 aromatic heterocycles. The third-order valence-corrected chi connectivity index (χ3v) is 4.22. The lowest BCUT2D eigenvalue weighted by molar-refractivity contribution is -0.142. The molecule has 0 atom stereocenters. The first-order valence-corrected chi connectivity index (χ1v) is 8.00. The Kier molecular flexibility index (Phi) is 4.93. The van der Waals surface area contributed by atoms with E-state index < -0.39 is 5.97 Å². The van der Waals surface area contributed by atoms with E-state index in [0.29, 0.717) is 49.6 Å². The number of hydrogen-bond donors (Lipinski definition) is 2. The van der Waals surface area contributed by atoms with E-state index in [-0.39, 0.29) is 24.3 Å². The van der Waals surface area contributed by atoms with Gasteiger partial charge in [-0.1, -0.05) is 5.16 Å². The highest BCUT2D eigenvalue weighted by Gasteiger charge is 2.26. The Hall–Kier alpha value is -2.64. The topological polar surface area (TPSA) is 118 Å². The van der Waals surface area contributed by atoms with Gasteiger partial charge in [-0.15, -0.1) is 0 Å². The van der Waals surface area contributed by atoms with E-state index in [0.717, 1.165) is 0 Å². The van der Waals surface area contributed by atoms with E-state index in [1.54, 1.807) is 12.1 Å². The summed E-state index contributed by atoms with van der Waals surface area (Å²) < 4.78 is 10.3. The van der Waals surface area contributed by atoms with Crippen molar-refractivity contribution < 1.29 is 23.6 Å². The maximum absolute atomic E-state index is 12.0. The highest BCUT2D eigenvalue weighted by molar-refractivity contribution is 5.76. The number of furan rings is 1. The second kappa shape index (κ2) is 7.29. The Labute approximate surface area is 138 Å². The van der Waals surface area contributed by atoms with Gasteiger partial charge < -0.3 is 19.4 Å². The van der Waals surface area contributed by atoms with Gasteiger partial charge in [0.05, 0.1) is 12.2 Å². The first-order valence-electron chi connectivity index (χ1n) is 8.00. The fraction of sp³-hybridized carbons (Fsp3) is 0.500. The molecule has 1 fully saturated rings. The van der Waals surface area contributed by atoms with Crippen LogP contribution in [0.5, 0.6) is 0 Å². The minimum atomic E-state index is -0.747. The summed E-state index contributed by atoms with van der Waals surface area (Å²) in [6.07, 6.45) is 4.74. The molecule has 1 saturated carbocycles. The predicted molar refractivity (Wildman–Crippen MR) is 81.8 cm³/mol. The molecule has 8 nitrogen and oxygen atoms in total. The van der Waals surface area contributed by atoms with Crippen molar-refractivity contribution in [2.24, 2.45) is 5.92 Å². The number of carboxylic acid groups (broad SMARTS) is 1. The van der Waals surface area contributed by atoms with Gasteiger partial charge in [0, 0.05) is 18.9 Å². The molecule has 0 radical (unpaired) electrons. The van der Waals surface area contributed by atoms with Crippen molar-refractivity contribution in [3.63, 3.8) is 0 Å². The molecule has 0 saturated heterocycles. The Morgan fingerprint density at radius 1 is 1.29 bits per heavy atom. The lowest BCUT2D eigenvalue weighted by atomic mass is 9.86. The number of aliphatic carboxylic acids is 1. The molecule has 2 N–H and O–H groups in total. The average Bonchev–Trinajstić information content (AvgIpc) is 3.25. The molecule has 0 spiro atoms. The molecule has 1 aliphatic carbocycles. The molecular formula is C16H19N3O5. The number of aromatic nitrogens is 2. The van der Waals surface area contributed by atoms with E-state index in [2.05, 4.69) is 15.5 Å². The highest BCUT2D eigenvalue weighted by Crippen LogP contribution is 2.24. The zero-order chi connectivity index (χ0) is 16.9. The van der Waals surface area contributed by atoms with Crippen LogP contribution in [0.3, 0.4) is 0 Å². The molecule has 1 aliphatic rings. The van der Waals surface area contributed by atoms with Crippen LogP contribution in [0.2, 0.25) is 0 Å².